The molecule has 1 aromatic rings. The van der Waals surface area contributed by atoms with Crippen LogP contribution in [0.25, 0.3) is 0 Å². The lowest BCUT2D eigenvalue weighted by Gasteiger charge is -2.24. The van der Waals surface area contributed by atoms with Gasteiger partial charge in [-0.3, -0.25) is 4.90 Å². The van der Waals surface area contributed by atoms with Crippen molar-refractivity contribution in [1.82, 2.24) is 9.80 Å². The van der Waals surface area contributed by atoms with Crippen LogP contribution in [-0.4, -0.2) is 50.6 Å². The quantitative estimate of drug-likeness (QED) is 0.750. The monoisotopic (exact) mass is 279 g/mol. The Bertz CT molecular complexity index is 393. The van der Waals surface area contributed by atoms with E-state index in [-0.39, 0.29) is 0 Å². The van der Waals surface area contributed by atoms with Gasteiger partial charge in [0.2, 0.25) is 0 Å². The van der Waals surface area contributed by atoms with Gasteiger partial charge in [-0.1, -0.05) is 13.0 Å². The third-order valence-corrected chi connectivity index (χ3v) is 3.37. The molecule has 0 aromatic heterocycles. The van der Waals surface area contributed by atoms with Gasteiger partial charge in [-0.25, -0.2) is 0 Å². The van der Waals surface area contributed by atoms with Crippen molar-refractivity contribution in [3.63, 3.8) is 0 Å². The first-order chi connectivity index (χ1) is 9.60. The summed E-state index contributed by atoms with van der Waals surface area (Å²) in [5.41, 5.74) is 8.16. The molecule has 0 fully saturated rings. The molecule has 0 unspecified atom stereocenters. The highest BCUT2D eigenvalue weighted by molar-refractivity contribution is 5.37. The predicted molar refractivity (Wildman–Crippen MR) is 85.0 cm³/mol. The standard InChI is InChI=1S/C16H29N3O/c1-5-8-19(10-9-18(2)3)13-14-6-7-16(20-4)15(11-14)12-17/h6-7,11H,5,8-10,12-13,17H2,1-4H3. The summed E-state index contributed by atoms with van der Waals surface area (Å²) in [6.07, 6.45) is 1.17. The Morgan fingerprint density at radius 3 is 2.45 bits per heavy atom. The van der Waals surface area contributed by atoms with Crippen molar-refractivity contribution >= 4 is 0 Å². The van der Waals surface area contributed by atoms with Crippen molar-refractivity contribution in [3.8, 4) is 5.75 Å². The maximum atomic E-state index is 5.78. The average Bonchev–Trinajstić information content (AvgIpc) is 2.44. The number of likely N-dealkylation sites (N-methyl/N-ethyl adjacent to an activating group) is 1. The van der Waals surface area contributed by atoms with E-state index in [0.29, 0.717) is 6.54 Å². The Hall–Kier alpha value is -1.10. The molecule has 0 heterocycles. The first-order valence-corrected chi connectivity index (χ1v) is 7.33. The molecule has 4 heteroatoms. The molecule has 0 amide bonds. The first kappa shape index (κ1) is 17.0. The van der Waals surface area contributed by atoms with Gasteiger partial charge in [0.1, 0.15) is 5.75 Å². The van der Waals surface area contributed by atoms with Crippen LogP contribution in [0.1, 0.15) is 24.5 Å². The van der Waals surface area contributed by atoms with Gasteiger partial charge >= 0.3 is 0 Å². The molecule has 0 aliphatic carbocycles. The van der Waals surface area contributed by atoms with E-state index in [9.17, 15) is 0 Å². The highest BCUT2D eigenvalue weighted by Gasteiger charge is 2.08. The molecule has 0 spiro atoms. The lowest BCUT2D eigenvalue weighted by atomic mass is 10.1. The molecule has 0 radical (unpaired) electrons. The molecule has 0 atom stereocenters. The van der Waals surface area contributed by atoms with E-state index in [4.69, 9.17) is 10.5 Å². The smallest absolute Gasteiger partial charge is 0.123 e. The summed E-state index contributed by atoms with van der Waals surface area (Å²) in [4.78, 5) is 4.71. The Balaban J connectivity index is 2.72. The van der Waals surface area contributed by atoms with Crippen molar-refractivity contribution in [2.24, 2.45) is 5.73 Å². The summed E-state index contributed by atoms with van der Waals surface area (Å²) in [7, 11) is 5.92. The number of hydrogen-bond acceptors (Lipinski definition) is 4. The lowest BCUT2D eigenvalue weighted by molar-refractivity contribution is 0.234. The van der Waals surface area contributed by atoms with Crippen LogP contribution in [0.2, 0.25) is 0 Å². The minimum Gasteiger partial charge on any atom is -0.496 e. The lowest BCUT2D eigenvalue weighted by Crippen LogP contribution is -2.32. The van der Waals surface area contributed by atoms with Gasteiger partial charge in [-0.05, 0) is 44.8 Å². The predicted octanol–water partition coefficient (Wildman–Crippen LogP) is 1.93. The van der Waals surface area contributed by atoms with Crippen molar-refractivity contribution in [2.45, 2.75) is 26.4 Å². The number of hydrogen-bond donors (Lipinski definition) is 1. The van der Waals surface area contributed by atoms with E-state index in [1.807, 2.05) is 6.07 Å². The van der Waals surface area contributed by atoms with Crippen LogP contribution in [0.5, 0.6) is 5.75 Å². The third-order valence-electron chi connectivity index (χ3n) is 3.37. The fourth-order valence-electron chi connectivity index (χ4n) is 2.28. The van der Waals surface area contributed by atoms with Crippen molar-refractivity contribution in [1.29, 1.82) is 0 Å². The second-order valence-electron chi connectivity index (χ2n) is 5.43. The second kappa shape index (κ2) is 8.95. The summed E-state index contributed by atoms with van der Waals surface area (Å²) in [6, 6.07) is 6.32. The molecule has 0 bridgehead atoms. The Morgan fingerprint density at radius 2 is 1.90 bits per heavy atom. The zero-order valence-electron chi connectivity index (χ0n) is 13.4. The number of rotatable bonds is 9. The summed E-state index contributed by atoms with van der Waals surface area (Å²) in [6.45, 7) is 7.01. The van der Waals surface area contributed by atoms with E-state index in [1.54, 1.807) is 7.11 Å². The van der Waals surface area contributed by atoms with Crippen LogP contribution in [0.15, 0.2) is 18.2 Å². The molecule has 4 nitrogen and oxygen atoms in total. The molecule has 0 aliphatic rings. The van der Waals surface area contributed by atoms with Crippen LogP contribution in [0.3, 0.4) is 0 Å². The van der Waals surface area contributed by atoms with Crippen LogP contribution in [0, 0.1) is 0 Å². The van der Waals surface area contributed by atoms with E-state index >= 15 is 0 Å². The zero-order chi connectivity index (χ0) is 15.0. The number of methoxy groups -OCH3 is 1. The Kier molecular flexibility index (Phi) is 7.59. The molecule has 0 saturated carbocycles. The summed E-state index contributed by atoms with van der Waals surface area (Å²) in [5.74, 6) is 0.881. The Labute approximate surface area is 123 Å². The molecule has 20 heavy (non-hydrogen) atoms. The van der Waals surface area contributed by atoms with Gasteiger partial charge < -0.3 is 15.4 Å². The highest BCUT2D eigenvalue weighted by Crippen LogP contribution is 2.20. The maximum absolute atomic E-state index is 5.78. The van der Waals surface area contributed by atoms with E-state index in [2.05, 4.69) is 43.0 Å². The molecular weight excluding hydrogens is 250 g/mol. The molecule has 2 N–H and O–H groups in total. The third kappa shape index (κ3) is 5.49. The van der Waals surface area contributed by atoms with E-state index in [1.165, 1.54) is 12.0 Å². The van der Waals surface area contributed by atoms with Crippen LogP contribution >= 0.6 is 0 Å². The number of ether oxygens (including phenoxy) is 1. The van der Waals surface area contributed by atoms with Crippen LogP contribution in [0.4, 0.5) is 0 Å². The van der Waals surface area contributed by atoms with Crippen molar-refractivity contribution in [3.05, 3.63) is 29.3 Å². The molecule has 1 aromatic carbocycles. The molecule has 1 rings (SSSR count). The fourth-order valence-corrected chi connectivity index (χ4v) is 2.28. The van der Waals surface area contributed by atoms with Crippen LogP contribution in [-0.2, 0) is 13.1 Å². The van der Waals surface area contributed by atoms with Gasteiger partial charge in [0.05, 0.1) is 7.11 Å². The van der Waals surface area contributed by atoms with E-state index in [0.717, 1.165) is 37.5 Å². The molecule has 0 saturated heterocycles. The molecular formula is C16H29N3O. The van der Waals surface area contributed by atoms with Gasteiger partial charge in [-0.2, -0.15) is 0 Å². The maximum Gasteiger partial charge on any atom is 0.123 e. The van der Waals surface area contributed by atoms with E-state index < -0.39 is 0 Å². The zero-order valence-corrected chi connectivity index (χ0v) is 13.4. The van der Waals surface area contributed by atoms with Gasteiger partial charge in [-0.15, -0.1) is 0 Å². The second-order valence-corrected chi connectivity index (χ2v) is 5.43. The number of benzene rings is 1. The summed E-state index contributed by atoms with van der Waals surface area (Å²) < 4.78 is 5.32. The SMILES string of the molecule is CCCN(CCN(C)C)Cc1ccc(OC)c(CN)c1. The van der Waals surface area contributed by atoms with Gasteiger partial charge in [0, 0.05) is 31.7 Å². The Morgan fingerprint density at radius 1 is 1.15 bits per heavy atom. The van der Waals surface area contributed by atoms with Crippen LogP contribution < -0.4 is 10.5 Å². The largest absolute Gasteiger partial charge is 0.496 e. The average molecular weight is 279 g/mol. The minimum absolute atomic E-state index is 0.516. The summed E-state index contributed by atoms with van der Waals surface area (Å²) >= 11 is 0. The van der Waals surface area contributed by atoms with Gasteiger partial charge in [0.15, 0.2) is 0 Å². The normalized spacial score (nSPS) is 11.3. The summed E-state index contributed by atoms with van der Waals surface area (Å²) in [5, 5.41) is 0. The molecule has 0 aliphatic heterocycles. The highest BCUT2D eigenvalue weighted by atomic mass is 16.5. The topological polar surface area (TPSA) is 41.7 Å². The number of nitrogens with two attached hydrogens (primary N) is 1. The molecule has 114 valence electrons. The van der Waals surface area contributed by atoms with Crippen molar-refractivity contribution in [2.75, 3.05) is 40.8 Å². The fraction of sp³-hybridized carbons (Fsp3) is 0.625. The van der Waals surface area contributed by atoms with Gasteiger partial charge in [0.25, 0.3) is 0 Å². The number of nitrogens with zero attached hydrogens (tertiary/aromatic N) is 2. The first-order valence-electron chi connectivity index (χ1n) is 7.33. The minimum atomic E-state index is 0.516. The van der Waals surface area contributed by atoms with Crippen molar-refractivity contribution < 1.29 is 4.74 Å².